The van der Waals surface area contributed by atoms with Gasteiger partial charge in [-0.15, -0.1) is 5.10 Å². The van der Waals surface area contributed by atoms with Crippen molar-refractivity contribution in [2.45, 2.75) is 45.7 Å². The van der Waals surface area contributed by atoms with Gasteiger partial charge in [-0.2, -0.15) is 18.2 Å². The molecule has 3 amide bonds. The summed E-state index contributed by atoms with van der Waals surface area (Å²) in [5, 5.41) is 7.59. The number of aryl methyl sites for hydroxylation is 2. The molecule has 1 N–H and O–H groups in total. The second-order valence-corrected chi connectivity index (χ2v) is 11.7. The van der Waals surface area contributed by atoms with E-state index in [4.69, 9.17) is 0 Å². The lowest BCUT2D eigenvalue weighted by Crippen LogP contribution is -2.32. The highest BCUT2D eigenvalue weighted by molar-refractivity contribution is 8.15. The number of benzene rings is 3. The Morgan fingerprint density at radius 2 is 1.80 bits per heavy atom. The molecular weight excluding hydrogens is 589 g/mol. The van der Waals surface area contributed by atoms with Crippen molar-refractivity contribution in [2.75, 3.05) is 17.2 Å². The molecule has 12 heteroatoms. The van der Waals surface area contributed by atoms with Crippen LogP contribution >= 0.6 is 11.8 Å². The van der Waals surface area contributed by atoms with Gasteiger partial charge in [-0.25, -0.2) is 14.5 Å². The molecule has 1 saturated heterocycles. The third-order valence-corrected chi connectivity index (χ3v) is 8.02. The predicted molar refractivity (Wildman–Crippen MR) is 166 cm³/mol. The topological polar surface area (TPSA) is 92.5 Å². The fourth-order valence-electron chi connectivity index (χ4n) is 4.77. The molecule has 1 aromatic heterocycles. The molecule has 1 aliphatic heterocycles. The minimum atomic E-state index is -4.40. The molecule has 0 aliphatic carbocycles. The van der Waals surface area contributed by atoms with Gasteiger partial charge >= 0.3 is 12.2 Å². The summed E-state index contributed by atoms with van der Waals surface area (Å²) >= 11 is 1.26. The van der Waals surface area contributed by atoms with Crippen LogP contribution in [0.4, 0.5) is 23.7 Å². The highest BCUT2D eigenvalue weighted by Crippen LogP contribution is 2.34. The van der Waals surface area contributed by atoms with E-state index in [9.17, 15) is 22.8 Å². The Bertz CT molecular complexity index is 1680. The van der Waals surface area contributed by atoms with Gasteiger partial charge < -0.3 is 5.32 Å². The lowest BCUT2D eigenvalue weighted by molar-refractivity contribution is -0.137. The number of urea groups is 1. The first kappa shape index (κ1) is 31.0. The maximum Gasteiger partial charge on any atom is 0.416 e. The number of anilines is 1. The van der Waals surface area contributed by atoms with Gasteiger partial charge in [-0.05, 0) is 72.7 Å². The van der Waals surface area contributed by atoms with Gasteiger partial charge in [0, 0.05) is 12.1 Å². The standard InChI is InChI=1S/C32H31F3N6O2S/c1-20(2)26-15-6-21(3)17-27(26)41-28(42)18-44-31(41)38-30(43)36-16-4-5-22-7-9-23(10-8-22)29-37-19-40(39-29)25-13-11-24(12-14-25)32(33,34)35/h6-15,17,19-20H,4-5,16,18H2,1-3H3,(H,36,43). The Morgan fingerprint density at radius 1 is 1.07 bits per heavy atom. The molecule has 4 aromatic rings. The summed E-state index contributed by atoms with van der Waals surface area (Å²) in [5.41, 5.74) is 4.39. The number of amides is 3. The molecule has 44 heavy (non-hydrogen) atoms. The van der Waals surface area contributed by atoms with Gasteiger partial charge in [0.2, 0.25) is 5.91 Å². The number of aromatic nitrogens is 3. The number of hydrogen-bond acceptors (Lipinski definition) is 5. The fraction of sp³-hybridized carbons (Fsp3) is 0.281. The van der Waals surface area contributed by atoms with E-state index < -0.39 is 17.8 Å². The van der Waals surface area contributed by atoms with Crippen molar-refractivity contribution in [1.29, 1.82) is 0 Å². The van der Waals surface area contributed by atoms with Gasteiger partial charge in [-0.1, -0.05) is 62.0 Å². The average Bonchev–Trinajstić information content (AvgIpc) is 3.62. The summed E-state index contributed by atoms with van der Waals surface area (Å²) < 4.78 is 39.9. The first-order chi connectivity index (χ1) is 21.0. The fourth-order valence-corrected chi connectivity index (χ4v) is 5.63. The molecule has 228 valence electrons. The minimum absolute atomic E-state index is 0.0981. The van der Waals surface area contributed by atoms with Crippen molar-refractivity contribution in [3.63, 3.8) is 0 Å². The summed E-state index contributed by atoms with van der Waals surface area (Å²) in [4.78, 5) is 35.4. The number of nitrogens with zero attached hydrogens (tertiary/aromatic N) is 5. The molecule has 0 atom stereocenters. The molecule has 1 fully saturated rings. The van der Waals surface area contributed by atoms with Crippen LogP contribution in [-0.4, -0.2) is 44.2 Å². The molecule has 0 bridgehead atoms. The van der Waals surface area contributed by atoms with E-state index in [-0.39, 0.29) is 17.6 Å². The van der Waals surface area contributed by atoms with Gasteiger partial charge in [0.25, 0.3) is 0 Å². The maximum absolute atomic E-state index is 12.8. The minimum Gasteiger partial charge on any atom is -0.336 e. The third kappa shape index (κ3) is 7.19. The van der Waals surface area contributed by atoms with Crippen molar-refractivity contribution >= 4 is 34.6 Å². The Balaban J connectivity index is 1.14. The highest BCUT2D eigenvalue weighted by Gasteiger charge is 2.32. The first-order valence-electron chi connectivity index (χ1n) is 14.1. The van der Waals surface area contributed by atoms with E-state index in [1.54, 1.807) is 4.90 Å². The van der Waals surface area contributed by atoms with Crippen LogP contribution in [0.3, 0.4) is 0 Å². The number of amidine groups is 1. The normalized spacial score (nSPS) is 14.6. The molecule has 5 rings (SSSR count). The second-order valence-electron chi connectivity index (χ2n) is 10.7. The summed E-state index contributed by atoms with van der Waals surface area (Å²) in [6.07, 6.45) is -1.54. The number of hydrogen-bond donors (Lipinski definition) is 1. The van der Waals surface area contributed by atoms with Crippen molar-refractivity contribution in [3.05, 3.63) is 95.3 Å². The highest BCUT2D eigenvalue weighted by atomic mass is 32.2. The molecule has 1 aliphatic rings. The quantitative estimate of drug-likeness (QED) is 0.211. The molecule has 0 spiro atoms. The predicted octanol–water partition coefficient (Wildman–Crippen LogP) is 7.16. The summed E-state index contributed by atoms with van der Waals surface area (Å²) in [5.74, 6) is 0.790. The summed E-state index contributed by atoms with van der Waals surface area (Å²) in [7, 11) is 0. The van der Waals surface area contributed by atoms with Gasteiger partial charge in [0.15, 0.2) is 11.0 Å². The summed E-state index contributed by atoms with van der Waals surface area (Å²) in [6, 6.07) is 17.9. The lowest BCUT2D eigenvalue weighted by Gasteiger charge is -2.22. The number of alkyl halides is 3. The van der Waals surface area contributed by atoms with E-state index in [1.165, 1.54) is 34.9 Å². The number of nitrogens with one attached hydrogen (secondary N) is 1. The maximum atomic E-state index is 12.8. The van der Waals surface area contributed by atoms with Gasteiger partial charge in [0.1, 0.15) is 6.33 Å². The Labute approximate surface area is 257 Å². The molecule has 8 nitrogen and oxygen atoms in total. The second kappa shape index (κ2) is 13.0. The van der Waals surface area contributed by atoms with Crippen LogP contribution in [-0.2, 0) is 17.4 Å². The van der Waals surface area contributed by atoms with Crippen molar-refractivity contribution < 1.29 is 22.8 Å². The Morgan fingerprint density at radius 3 is 2.48 bits per heavy atom. The molecule has 0 radical (unpaired) electrons. The van der Waals surface area contributed by atoms with Gasteiger partial charge in [-0.3, -0.25) is 9.69 Å². The van der Waals surface area contributed by atoms with E-state index in [2.05, 4.69) is 34.2 Å². The molecule has 3 aromatic carbocycles. The third-order valence-electron chi connectivity index (χ3n) is 7.09. The summed E-state index contributed by atoms with van der Waals surface area (Å²) in [6.45, 7) is 6.51. The number of halogens is 3. The lowest BCUT2D eigenvalue weighted by atomic mass is 9.99. The van der Waals surface area contributed by atoms with Crippen LogP contribution in [0.1, 0.15) is 48.4 Å². The largest absolute Gasteiger partial charge is 0.416 e. The van der Waals surface area contributed by atoms with E-state index in [0.717, 1.165) is 40.1 Å². The first-order valence-corrected chi connectivity index (χ1v) is 15.1. The average molecular weight is 621 g/mol. The molecule has 0 unspecified atom stereocenters. The van der Waals surface area contributed by atoms with Crippen molar-refractivity contribution in [3.8, 4) is 17.1 Å². The zero-order chi connectivity index (χ0) is 31.4. The van der Waals surface area contributed by atoms with Crippen LogP contribution in [0, 0.1) is 6.92 Å². The SMILES string of the molecule is Cc1ccc(C(C)C)c(N2C(=O)CSC2=NC(=O)NCCCc2ccc(-c3ncn(-c4ccc(C(F)(F)F)cc4)n3)cc2)c1. The van der Waals surface area contributed by atoms with Crippen LogP contribution in [0.2, 0.25) is 0 Å². The van der Waals surface area contributed by atoms with Crippen LogP contribution < -0.4 is 10.2 Å². The van der Waals surface area contributed by atoms with Crippen LogP contribution in [0.25, 0.3) is 17.1 Å². The number of carbonyl (C=O) groups excluding carboxylic acids is 2. The van der Waals surface area contributed by atoms with E-state index in [1.807, 2.05) is 49.4 Å². The molecule has 2 heterocycles. The number of aliphatic imine (C=N–C) groups is 1. The number of rotatable bonds is 8. The zero-order valence-electron chi connectivity index (χ0n) is 24.4. The smallest absolute Gasteiger partial charge is 0.336 e. The van der Waals surface area contributed by atoms with E-state index >= 15 is 0 Å². The van der Waals surface area contributed by atoms with Crippen LogP contribution in [0.5, 0.6) is 0 Å². The number of carbonyl (C=O) groups is 2. The number of thioether (sulfide) groups is 1. The molecular formula is C32H31F3N6O2S. The van der Waals surface area contributed by atoms with Crippen LogP contribution in [0.15, 0.2) is 78.0 Å². The molecule has 0 saturated carbocycles. The van der Waals surface area contributed by atoms with Crippen molar-refractivity contribution in [1.82, 2.24) is 20.1 Å². The Hall–Kier alpha value is -4.45. The monoisotopic (exact) mass is 620 g/mol. The Kier molecular flexibility index (Phi) is 9.19. The zero-order valence-corrected chi connectivity index (χ0v) is 25.2. The van der Waals surface area contributed by atoms with E-state index in [0.29, 0.717) is 36.1 Å². The van der Waals surface area contributed by atoms with Crippen molar-refractivity contribution in [2.24, 2.45) is 4.99 Å². The van der Waals surface area contributed by atoms with Gasteiger partial charge in [0.05, 0.1) is 22.7 Å².